The number of nitrogens with zero attached hydrogens (tertiary/aromatic N) is 1. The SMILES string of the molecule is CCCCC[NH+]1c2ccccc2SC1C=C1C=C(C=CC=C2Sc3ccccc3N2CC)CC(C)(C)C1. The molecule has 4 heteroatoms. The molecule has 0 saturated heterocycles. The second kappa shape index (κ2) is 11.7. The Labute approximate surface area is 232 Å². The second-order valence-electron chi connectivity index (χ2n) is 11.2. The zero-order chi connectivity index (χ0) is 25.8. The standard InChI is InChI=1S/C33H40N2S2/c1-5-7-12-20-35-28-16-9-11-18-30(28)37-32(35)22-26-21-25(23-33(3,4)24-26)14-13-19-31-34(6-2)27-15-8-10-17-29(27)36-31/h8-11,13-19,21-22,32H,5-7,12,20,23-24H2,1-4H3/p+1. The fourth-order valence-corrected chi connectivity index (χ4v) is 8.37. The molecule has 2 nitrogen and oxygen atoms in total. The number of unbranched alkanes of at least 4 members (excludes halogenated alkanes) is 2. The van der Waals surface area contributed by atoms with Gasteiger partial charge in [0.1, 0.15) is 5.69 Å². The molecule has 1 N–H and O–H groups in total. The Morgan fingerprint density at radius 2 is 1.78 bits per heavy atom. The van der Waals surface area contributed by atoms with Crippen molar-refractivity contribution in [1.29, 1.82) is 0 Å². The largest absolute Gasteiger partial charge is 0.335 e. The van der Waals surface area contributed by atoms with Gasteiger partial charge in [0.25, 0.3) is 0 Å². The van der Waals surface area contributed by atoms with Crippen molar-refractivity contribution < 1.29 is 4.90 Å². The third-order valence-corrected chi connectivity index (χ3v) is 9.90. The summed E-state index contributed by atoms with van der Waals surface area (Å²) in [5.41, 5.74) is 6.04. The Morgan fingerprint density at radius 3 is 2.59 bits per heavy atom. The fourth-order valence-electron chi connectivity index (χ4n) is 5.85. The molecule has 194 valence electrons. The molecule has 0 amide bonds. The molecule has 2 aliphatic heterocycles. The first-order valence-corrected chi connectivity index (χ1v) is 15.6. The van der Waals surface area contributed by atoms with Gasteiger partial charge in [0.15, 0.2) is 5.37 Å². The Kier molecular flexibility index (Phi) is 8.38. The number of benzene rings is 2. The van der Waals surface area contributed by atoms with Crippen LogP contribution in [-0.2, 0) is 0 Å². The van der Waals surface area contributed by atoms with E-state index < -0.39 is 0 Å². The lowest BCUT2D eigenvalue weighted by Crippen LogP contribution is -3.09. The van der Waals surface area contributed by atoms with Crippen LogP contribution in [0.2, 0.25) is 0 Å². The van der Waals surface area contributed by atoms with Crippen LogP contribution in [0.4, 0.5) is 11.4 Å². The van der Waals surface area contributed by atoms with Crippen molar-refractivity contribution in [3.8, 4) is 0 Å². The van der Waals surface area contributed by atoms with Crippen molar-refractivity contribution in [3.63, 3.8) is 0 Å². The summed E-state index contributed by atoms with van der Waals surface area (Å²) in [6.45, 7) is 11.6. The summed E-state index contributed by atoms with van der Waals surface area (Å²) in [5.74, 6) is 0. The van der Waals surface area contributed by atoms with Crippen LogP contribution < -0.4 is 9.80 Å². The van der Waals surface area contributed by atoms with E-state index >= 15 is 0 Å². The third kappa shape index (κ3) is 6.13. The lowest BCUT2D eigenvalue weighted by Gasteiger charge is -2.31. The maximum absolute atomic E-state index is 2.58. The van der Waals surface area contributed by atoms with Gasteiger partial charge in [-0.3, -0.25) is 4.90 Å². The zero-order valence-corrected chi connectivity index (χ0v) is 24.4. The van der Waals surface area contributed by atoms with Crippen molar-refractivity contribution in [1.82, 2.24) is 0 Å². The second-order valence-corrected chi connectivity index (χ2v) is 13.4. The lowest BCUT2D eigenvalue weighted by atomic mass is 9.75. The number of anilines is 1. The van der Waals surface area contributed by atoms with Gasteiger partial charge in [0, 0.05) is 17.5 Å². The molecule has 2 unspecified atom stereocenters. The molecule has 0 aromatic heterocycles. The van der Waals surface area contributed by atoms with Crippen molar-refractivity contribution in [2.24, 2.45) is 5.41 Å². The average molecular weight is 530 g/mol. The average Bonchev–Trinajstić information content (AvgIpc) is 3.40. The summed E-state index contributed by atoms with van der Waals surface area (Å²) in [7, 11) is 0. The summed E-state index contributed by atoms with van der Waals surface area (Å²) < 4.78 is 0. The first kappa shape index (κ1) is 26.5. The predicted molar refractivity (Wildman–Crippen MR) is 163 cm³/mol. The van der Waals surface area contributed by atoms with Crippen LogP contribution in [0.25, 0.3) is 0 Å². The molecule has 37 heavy (non-hydrogen) atoms. The molecule has 1 aliphatic carbocycles. The number of rotatable bonds is 8. The van der Waals surface area contributed by atoms with Crippen molar-refractivity contribution in [3.05, 3.63) is 95.1 Å². The van der Waals surface area contributed by atoms with Crippen molar-refractivity contribution in [2.75, 3.05) is 18.0 Å². The number of thioether (sulfide) groups is 2. The maximum atomic E-state index is 2.58. The van der Waals surface area contributed by atoms with E-state index in [4.69, 9.17) is 0 Å². The van der Waals surface area contributed by atoms with E-state index in [0.29, 0.717) is 5.37 Å². The van der Waals surface area contributed by atoms with E-state index in [1.807, 2.05) is 11.8 Å². The van der Waals surface area contributed by atoms with Gasteiger partial charge in [-0.05, 0) is 79.5 Å². The van der Waals surface area contributed by atoms with Crippen molar-refractivity contribution in [2.45, 2.75) is 75.0 Å². The van der Waals surface area contributed by atoms with Crippen LogP contribution in [0, 0.1) is 5.41 Å². The van der Waals surface area contributed by atoms with Gasteiger partial charge in [-0.1, -0.05) is 93.2 Å². The predicted octanol–water partition coefficient (Wildman–Crippen LogP) is 8.53. The molecular weight excluding hydrogens is 489 g/mol. The molecule has 2 aromatic rings. The summed E-state index contributed by atoms with van der Waals surface area (Å²) in [4.78, 5) is 6.86. The van der Waals surface area contributed by atoms with Gasteiger partial charge >= 0.3 is 0 Å². The molecule has 0 radical (unpaired) electrons. The first-order valence-electron chi connectivity index (χ1n) is 13.9. The smallest absolute Gasteiger partial charge is 0.163 e. The maximum Gasteiger partial charge on any atom is 0.163 e. The summed E-state index contributed by atoms with van der Waals surface area (Å²) in [6, 6.07) is 17.8. The molecule has 2 heterocycles. The highest BCUT2D eigenvalue weighted by Crippen LogP contribution is 2.45. The molecule has 0 fully saturated rings. The van der Waals surface area contributed by atoms with Crippen LogP contribution in [0.15, 0.2) is 105 Å². The number of hydrogen-bond acceptors (Lipinski definition) is 3. The molecule has 2 aromatic carbocycles. The molecule has 5 rings (SSSR count). The number of fused-ring (bicyclic) bond motifs is 2. The summed E-state index contributed by atoms with van der Waals surface area (Å²) in [6.07, 6.45) is 18.1. The molecule has 0 spiro atoms. The highest BCUT2D eigenvalue weighted by atomic mass is 32.2. The van der Waals surface area contributed by atoms with Crippen LogP contribution in [0.3, 0.4) is 0 Å². The van der Waals surface area contributed by atoms with E-state index in [-0.39, 0.29) is 5.41 Å². The number of quaternary nitrogens is 1. The quantitative estimate of drug-likeness (QED) is 0.343. The molecule has 3 aliphatic rings. The van der Waals surface area contributed by atoms with Gasteiger partial charge in [-0.2, -0.15) is 0 Å². The van der Waals surface area contributed by atoms with Crippen LogP contribution in [0.1, 0.15) is 59.8 Å². The number of para-hydroxylation sites is 2. The van der Waals surface area contributed by atoms with Gasteiger partial charge in [0.2, 0.25) is 0 Å². The van der Waals surface area contributed by atoms with Gasteiger partial charge in [-0.15, -0.1) is 0 Å². The monoisotopic (exact) mass is 529 g/mol. The van der Waals surface area contributed by atoms with Gasteiger partial charge < -0.3 is 4.90 Å². The zero-order valence-electron chi connectivity index (χ0n) is 22.8. The molecule has 2 atom stereocenters. The fraction of sp³-hybridized carbons (Fsp3) is 0.394. The Hall–Kier alpha value is -2.14. The number of nitrogens with one attached hydrogen (secondary N) is 1. The van der Waals surface area contributed by atoms with E-state index in [0.717, 1.165) is 19.4 Å². The van der Waals surface area contributed by atoms with E-state index in [1.165, 1.54) is 63.1 Å². The van der Waals surface area contributed by atoms with Crippen LogP contribution in [0.5, 0.6) is 0 Å². The van der Waals surface area contributed by atoms with E-state index in [9.17, 15) is 0 Å². The van der Waals surface area contributed by atoms with Crippen LogP contribution >= 0.6 is 23.5 Å². The topological polar surface area (TPSA) is 7.68 Å². The first-order chi connectivity index (χ1) is 18.0. The minimum Gasteiger partial charge on any atom is -0.335 e. The normalized spacial score (nSPS) is 24.6. The molecule has 0 bridgehead atoms. The summed E-state index contributed by atoms with van der Waals surface area (Å²) in [5, 5.41) is 1.78. The lowest BCUT2D eigenvalue weighted by molar-refractivity contribution is -0.835. The highest BCUT2D eigenvalue weighted by molar-refractivity contribution is 8.03. The minimum atomic E-state index is 0.277. The van der Waals surface area contributed by atoms with Crippen molar-refractivity contribution >= 4 is 34.9 Å². The summed E-state index contributed by atoms with van der Waals surface area (Å²) >= 11 is 3.93. The number of hydrogen-bond donors (Lipinski definition) is 1. The molecular formula is C33H41N2S2+. The third-order valence-electron chi connectivity index (χ3n) is 7.48. The molecule has 0 saturated carbocycles. The Balaban J connectivity index is 1.36. The highest BCUT2D eigenvalue weighted by Gasteiger charge is 2.35. The van der Waals surface area contributed by atoms with Gasteiger partial charge in [0.05, 0.1) is 22.2 Å². The Bertz CT molecular complexity index is 1240. The Morgan fingerprint density at radius 1 is 1.00 bits per heavy atom. The van der Waals surface area contributed by atoms with Gasteiger partial charge in [-0.25, -0.2) is 0 Å². The minimum absolute atomic E-state index is 0.277. The van der Waals surface area contributed by atoms with E-state index in [2.05, 4.69) is 123 Å². The van der Waals surface area contributed by atoms with Crippen LogP contribution in [-0.4, -0.2) is 18.5 Å². The van der Waals surface area contributed by atoms with E-state index in [1.54, 1.807) is 4.90 Å². The number of allylic oxidation sites excluding steroid dienone is 6.